The topological polar surface area (TPSA) is 67.3 Å². The van der Waals surface area contributed by atoms with Crippen molar-refractivity contribution in [3.8, 4) is 11.5 Å². The highest BCUT2D eigenvalue weighted by atomic mass is 19.4. The lowest BCUT2D eigenvalue weighted by molar-refractivity contribution is -0.137. The molecule has 1 N–H and O–H groups in total. The molecule has 172 valence electrons. The van der Waals surface area contributed by atoms with Crippen LogP contribution in [0.3, 0.4) is 0 Å². The minimum absolute atomic E-state index is 0.150. The maximum atomic E-state index is 13.0. The zero-order valence-electron chi connectivity index (χ0n) is 17.8. The Bertz CT molecular complexity index is 1060. The van der Waals surface area contributed by atoms with Gasteiger partial charge in [0.05, 0.1) is 23.5 Å². The molecule has 0 unspecified atom stereocenters. The zero-order chi connectivity index (χ0) is 23.3. The molecule has 1 atom stereocenters. The first-order chi connectivity index (χ1) is 15.9. The highest BCUT2D eigenvalue weighted by Gasteiger charge is 2.32. The summed E-state index contributed by atoms with van der Waals surface area (Å²) in [6.07, 6.45) is 2.19. The second-order valence-electron chi connectivity index (χ2n) is 7.82. The van der Waals surface area contributed by atoms with E-state index < -0.39 is 11.7 Å². The van der Waals surface area contributed by atoms with Crippen molar-refractivity contribution in [2.75, 3.05) is 11.9 Å². The molecule has 0 radical (unpaired) electrons. The third-order valence-corrected chi connectivity index (χ3v) is 5.43. The quantitative estimate of drug-likeness (QED) is 0.547. The van der Waals surface area contributed by atoms with Crippen LogP contribution in [0.4, 0.5) is 18.9 Å². The van der Waals surface area contributed by atoms with Crippen LogP contribution < -0.4 is 10.1 Å². The molecule has 1 fully saturated rings. The first-order valence-corrected chi connectivity index (χ1v) is 10.6. The van der Waals surface area contributed by atoms with Gasteiger partial charge in [-0.2, -0.15) is 13.2 Å². The number of amides is 1. The Hall–Kier alpha value is -3.46. The maximum Gasteiger partial charge on any atom is 0.417 e. The maximum absolute atomic E-state index is 13.0. The van der Waals surface area contributed by atoms with Crippen molar-refractivity contribution in [3.63, 3.8) is 0 Å². The van der Waals surface area contributed by atoms with Gasteiger partial charge in [-0.1, -0.05) is 6.42 Å². The second kappa shape index (κ2) is 9.99. The molecule has 0 aliphatic carbocycles. The number of benzene rings is 1. The van der Waals surface area contributed by atoms with E-state index in [0.717, 1.165) is 25.1 Å². The van der Waals surface area contributed by atoms with Gasteiger partial charge in [-0.05, 0) is 67.9 Å². The number of carbonyl (C=O) groups excluding carboxylic acids is 1. The number of pyridine rings is 2. The monoisotopic (exact) mass is 456 g/mol. The van der Waals surface area contributed by atoms with E-state index in [9.17, 15) is 18.0 Å². The molecule has 33 heavy (non-hydrogen) atoms. The standard InChI is InChI=1S/C24H23F3N4O2/c25-24(26,27)17-6-7-19(29-14-17)16-31-13-2-1-5-22(31)23(32)30-18-8-10-20(11-9-18)33-21-4-3-12-28-15-21/h3-4,6-12,14-15,22H,1-2,5,13,16H2,(H,30,32)/t22-/m1/s1. The average molecular weight is 456 g/mol. The number of likely N-dealkylation sites (tertiary alicyclic amines) is 1. The lowest BCUT2D eigenvalue weighted by atomic mass is 10.0. The van der Waals surface area contributed by atoms with E-state index >= 15 is 0 Å². The van der Waals surface area contributed by atoms with Gasteiger partial charge in [0.15, 0.2) is 0 Å². The Balaban J connectivity index is 1.38. The van der Waals surface area contributed by atoms with Crippen LogP contribution in [-0.4, -0.2) is 33.4 Å². The Labute approximate surface area is 189 Å². The van der Waals surface area contributed by atoms with Gasteiger partial charge in [-0.15, -0.1) is 0 Å². The Morgan fingerprint density at radius 2 is 1.88 bits per heavy atom. The van der Waals surface area contributed by atoms with Crippen molar-refractivity contribution >= 4 is 11.6 Å². The molecular weight excluding hydrogens is 433 g/mol. The molecule has 3 heterocycles. The van der Waals surface area contributed by atoms with Crippen LogP contribution in [0.1, 0.15) is 30.5 Å². The first kappa shape index (κ1) is 22.7. The third kappa shape index (κ3) is 6.07. The molecule has 2 aromatic heterocycles. The number of carbonyl (C=O) groups is 1. The van der Waals surface area contributed by atoms with Crippen LogP contribution in [0.2, 0.25) is 0 Å². The molecular formula is C24H23F3N4O2. The number of piperidine rings is 1. The van der Waals surface area contributed by atoms with Crippen LogP contribution >= 0.6 is 0 Å². The smallest absolute Gasteiger partial charge is 0.417 e. The number of halogens is 3. The molecule has 9 heteroatoms. The normalized spacial score (nSPS) is 16.9. The van der Waals surface area contributed by atoms with Gasteiger partial charge in [0, 0.05) is 24.6 Å². The summed E-state index contributed by atoms with van der Waals surface area (Å²) in [6, 6.07) is 12.6. The number of nitrogens with zero attached hydrogens (tertiary/aromatic N) is 3. The fourth-order valence-corrected chi connectivity index (χ4v) is 3.75. The number of nitrogens with one attached hydrogen (secondary N) is 1. The first-order valence-electron chi connectivity index (χ1n) is 10.6. The molecule has 4 rings (SSSR count). The van der Waals surface area contributed by atoms with E-state index in [4.69, 9.17) is 4.74 Å². The minimum Gasteiger partial charge on any atom is -0.456 e. The van der Waals surface area contributed by atoms with Crippen LogP contribution in [0.25, 0.3) is 0 Å². The Kier molecular flexibility index (Phi) is 6.88. The van der Waals surface area contributed by atoms with Crippen molar-refractivity contribution in [1.29, 1.82) is 0 Å². The lowest BCUT2D eigenvalue weighted by Crippen LogP contribution is -2.46. The molecule has 1 saturated heterocycles. The van der Waals surface area contributed by atoms with Gasteiger partial charge >= 0.3 is 6.18 Å². The fraction of sp³-hybridized carbons (Fsp3) is 0.292. The summed E-state index contributed by atoms with van der Waals surface area (Å²) < 4.78 is 44.0. The van der Waals surface area contributed by atoms with Gasteiger partial charge in [0.1, 0.15) is 11.5 Å². The zero-order valence-corrected chi connectivity index (χ0v) is 17.8. The molecule has 3 aromatic rings. The molecule has 1 aliphatic rings. The van der Waals surface area contributed by atoms with Crippen molar-refractivity contribution in [3.05, 3.63) is 78.4 Å². The highest BCUT2D eigenvalue weighted by molar-refractivity contribution is 5.94. The number of hydrogen-bond acceptors (Lipinski definition) is 5. The minimum atomic E-state index is -4.42. The van der Waals surface area contributed by atoms with E-state index in [2.05, 4.69) is 15.3 Å². The number of aromatic nitrogens is 2. The van der Waals surface area contributed by atoms with Gasteiger partial charge < -0.3 is 10.1 Å². The Morgan fingerprint density at radius 3 is 2.55 bits per heavy atom. The number of anilines is 1. The SMILES string of the molecule is O=C(Nc1ccc(Oc2cccnc2)cc1)[C@H]1CCCCN1Cc1ccc(C(F)(F)F)cn1. The van der Waals surface area contributed by atoms with Crippen molar-refractivity contribution in [2.45, 2.75) is 38.0 Å². The highest BCUT2D eigenvalue weighted by Crippen LogP contribution is 2.29. The van der Waals surface area contributed by atoms with E-state index in [0.29, 0.717) is 42.4 Å². The lowest BCUT2D eigenvalue weighted by Gasteiger charge is -2.34. The summed E-state index contributed by atoms with van der Waals surface area (Å²) in [5, 5.41) is 2.93. The number of ether oxygens (including phenoxy) is 1. The summed E-state index contributed by atoms with van der Waals surface area (Å²) in [6.45, 7) is 0.993. The summed E-state index contributed by atoms with van der Waals surface area (Å²) >= 11 is 0. The van der Waals surface area contributed by atoms with E-state index in [1.165, 1.54) is 6.07 Å². The van der Waals surface area contributed by atoms with E-state index in [1.54, 1.807) is 48.8 Å². The molecule has 0 spiro atoms. The van der Waals surface area contributed by atoms with Gasteiger partial charge in [0.25, 0.3) is 0 Å². The number of rotatable bonds is 6. The van der Waals surface area contributed by atoms with Crippen LogP contribution in [0.5, 0.6) is 11.5 Å². The van der Waals surface area contributed by atoms with Crippen molar-refractivity contribution in [2.24, 2.45) is 0 Å². The fourth-order valence-electron chi connectivity index (χ4n) is 3.75. The van der Waals surface area contributed by atoms with Crippen LogP contribution in [-0.2, 0) is 17.5 Å². The second-order valence-corrected chi connectivity index (χ2v) is 7.82. The van der Waals surface area contributed by atoms with Gasteiger partial charge in [-0.25, -0.2) is 0 Å². The largest absolute Gasteiger partial charge is 0.456 e. The molecule has 0 bridgehead atoms. The Morgan fingerprint density at radius 1 is 1.06 bits per heavy atom. The van der Waals surface area contributed by atoms with Gasteiger partial charge in [-0.3, -0.25) is 19.7 Å². The van der Waals surface area contributed by atoms with Crippen molar-refractivity contribution < 1.29 is 22.7 Å². The number of hydrogen-bond donors (Lipinski definition) is 1. The third-order valence-electron chi connectivity index (χ3n) is 5.43. The molecule has 0 saturated carbocycles. The number of alkyl halides is 3. The van der Waals surface area contributed by atoms with E-state index in [-0.39, 0.29) is 11.9 Å². The summed E-state index contributed by atoms with van der Waals surface area (Å²) in [7, 11) is 0. The van der Waals surface area contributed by atoms with Crippen LogP contribution in [0.15, 0.2) is 67.1 Å². The summed E-state index contributed by atoms with van der Waals surface area (Å²) in [4.78, 5) is 22.9. The molecule has 6 nitrogen and oxygen atoms in total. The predicted molar refractivity (Wildman–Crippen MR) is 117 cm³/mol. The molecule has 1 aromatic carbocycles. The van der Waals surface area contributed by atoms with Crippen molar-refractivity contribution in [1.82, 2.24) is 14.9 Å². The van der Waals surface area contributed by atoms with Crippen LogP contribution in [0, 0.1) is 0 Å². The average Bonchev–Trinajstić information content (AvgIpc) is 2.81. The van der Waals surface area contributed by atoms with E-state index in [1.807, 2.05) is 4.90 Å². The van der Waals surface area contributed by atoms with Gasteiger partial charge in [0.2, 0.25) is 5.91 Å². The summed E-state index contributed by atoms with van der Waals surface area (Å²) in [5.74, 6) is 1.08. The molecule has 1 amide bonds. The predicted octanol–water partition coefficient (Wildman–Crippen LogP) is 5.28. The summed E-state index contributed by atoms with van der Waals surface area (Å²) in [5.41, 5.74) is 0.353. The molecule has 1 aliphatic heterocycles.